The topological polar surface area (TPSA) is 88.9 Å². The van der Waals surface area contributed by atoms with Crippen LogP contribution in [0.4, 0.5) is 5.69 Å². The first-order valence-electron chi connectivity index (χ1n) is 10.6. The molecule has 2 aromatic carbocycles. The Balaban J connectivity index is 1.74. The number of halogens is 2. The molecule has 1 atom stereocenters. The number of nitrogens with one attached hydrogen (secondary N) is 2. The Bertz CT molecular complexity index is 1170. The maximum absolute atomic E-state index is 12.8. The molecule has 0 unspecified atom stereocenters. The van der Waals surface area contributed by atoms with Gasteiger partial charge in [-0.25, -0.2) is 0 Å². The number of benzene rings is 2. The third-order valence-electron chi connectivity index (χ3n) is 4.86. The molecule has 0 fully saturated rings. The molecule has 2 N–H and O–H groups in total. The SMILES string of the molecule is C=CCn1c(SCC(=O)Nc2ccc(Br)c(Cl)c2)nnc1[C@@H](NC(=O)c1ccccc1)C(C)C. The molecule has 0 aliphatic rings. The summed E-state index contributed by atoms with van der Waals surface area (Å²) >= 11 is 10.7. The maximum Gasteiger partial charge on any atom is 0.251 e. The number of rotatable bonds is 10. The standard InChI is InChI=1S/C24H25BrClN5O2S/c1-4-12-31-22(21(15(2)3)28-23(33)16-8-6-5-7-9-16)29-30-24(31)34-14-20(32)27-17-10-11-18(25)19(26)13-17/h4-11,13,15,21H,1,12,14H2,2-3H3,(H,27,32)(H,28,33)/t21-/m0/s1. The summed E-state index contributed by atoms with van der Waals surface area (Å²) in [5, 5.41) is 15.6. The zero-order valence-corrected chi connectivity index (χ0v) is 22.0. The lowest BCUT2D eigenvalue weighted by molar-refractivity contribution is -0.113. The van der Waals surface area contributed by atoms with Crippen molar-refractivity contribution in [2.75, 3.05) is 11.1 Å². The Hall–Kier alpha value is -2.62. The molecule has 0 aliphatic heterocycles. The van der Waals surface area contributed by atoms with Crippen molar-refractivity contribution >= 4 is 56.8 Å². The van der Waals surface area contributed by atoms with E-state index < -0.39 is 0 Å². The van der Waals surface area contributed by atoms with Crippen molar-refractivity contribution in [2.45, 2.75) is 31.6 Å². The van der Waals surface area contributed by atoms with Crippen LogP contribution >= 0.6 is 39.3 Å². The largest absolute Gasteiger partial charge is 0.342 e. The Labute approximate surface area is 216 Å². The van der Waals surface area contributed by atoms with Crippen molar-refractivity contribution in [3.63, 3.8) is 0 Å². The highest BCUT2D eigenvalue weighted by atomic mass is 79.9. The first-order chi connectivity index (χ1) is 16.3. The summed E-state index contributed by atoms with van der Waals surface area (Å²) in [6.07, 6.45) is 1.73. The van der Waals surface area contributed by atoms with E-state index in [2.05, 4.69) is 43.3 Å². The second kappa shape index (κ2) is 12.2. The number of aromatic nitrogens is 3. The quantitative estimate of drug-likeness (QED) is 0.243. The first kappa shape index (κ1) is 26.0. The number of allylic oxidation sites excluding steroid dienone is 1. The number of nitrogens with zero attached hydrogens (tertiary/aromatic N) is 3. The minimum Gasteiger partial charge on any atom is -0.342 e. The molecular formula is C24H25BrClN5O2S. The van der Waals surface area contributed by atoms with Gasteiger partial charge < -0.3 is 15.2 Å². The fourth-order valence-corrected chi connectivity index (χ4v) is 4.36. The predicted molar refractivity (Wildman–Crippen MR) is 140 cm³/mol. The van der Waals surface area contributed by atoms with Gasteiger partial charge in [0.25, 0.3) is 5.91 Å². The van der Waals surface area contributed by atoms with E-state index in [0.717, 1.165) is 4.47 Å². The van der Waals surface area contributed by atoms with Crippen LogP contribution in [0.1, 0.15) is 36.1 Å². The van der Waals surface area contributed by atoms with Crippen LogP contribution in [0.25, 0.3) is 0 Å². The van der Waals surface area contributed by atoms with E-state index in [1.165, 1.54) is 11.8 Å². The summed E-state index contributed by atoms with van der Waals surface area (Å²) in [5.74, 6) is 0.418. The molecule has 7 nitrogen and oxygen atoms in total. The predicted octanol–water partition coefficient (Wildman–Crippen LogP) is 5.74. The monoisotopic (exact) mass is 561 g/mol. The van der Waals surface area contributed by atoms with Gasteiger partial charge in [0.1, 0.15) is 0 Å². The number of thioether (sulfide) groups is 1. The molecule has 1 aromatic heterocycles. The van der Waals surface area contributed by atoms with Crippen molar-refractivity contribution in [3.8, 4) is 0 Å². The highest BCUT2D eigenvalue weighted by Crippen LogP contribution is 2.27. The van der Waals surface area contributed by atoms with Crippen LogP contribution < -0.4 is 10.6 Å². The number of anilines is 1. The Kier molecular flexibility index (Phi) is 9.32. The van der Waals surface area contributed by atoms with Gasteiger partial charge in [-0.1, -0.05) is 61.5 Å². The van der Waals surface area contributed by atoms with Crippen LogP contribution in [0.5, 0.6) is 0 Å². The summed E-state index contributed by atoms with van der Waals surface area (Å²) in [6, 6.07) is 13.9. The normalized spacial score (nSPS) is 11.8. The lowest BCUT2D eigenvalue weighted by Gasteiger charge is -2.22. The summed E-state index contributed by atoms with van der Waals surface area (Å²) in [5.41, 5.74) is 1.18. The molecule has 3 aromatic rings. The highest BCUT2D eigenvalue weighted by Gasteiger charge is 2.26. The third-order valence-corrected chi connectivity index (χ3v) is 7.06. The van der Waals surface area contributed by atoms with Crippen molar-refractivity contribution in [2.24, 2.45) is 5.92 Å². The van der Waals surface area contributed by atoms with Gasteiger partial charge in [0.2, 0.25) is 5.91 Å². The number of amides is 2. The Morgan fingerprint density at radius 2 is 1.94 bits per heavy atom. The smallest absolute Gasteiger partial charge is 0.251 e. The molecular weight excluding hydrogens is 538 g/mol. The van der Waals surface area contributed by atoms with E-state index in [1.54, 1.807) is 36.4 Å². The zero-order valence-electron chi connectivity index (χ0n) is 18.8. The first-order valence-corrected chi connectivity index (χ1v) is 12.7. The lowest BCUT2D eigenvalue weighted by Crippen LogP contribution is -2.33. The number of carbonyl (C=O) groups is 2. The van der Waals surface area contributed by atoms with Crippen molar-refractivity contribution in [3.05, 3.63) is 82.1 Å². The van der Waals surface area contributed by atoms with Gasteiger partial charge in [0, 0.05) is 22.3 Å². The number of hydrogen-bond acceptors (Lipinski definition) is 5. The summed E-state index contributed by atoms with van der Waals surface area (Å²) < 4.78 is 2.63. The van der Waals surface area contributed by atoms with Gasteiger partial charge >= 0.3 is 0 Å². The van der Waals surface area contributed by atoms with E-state index in [1.807, 2.05) is 36.6 Å². The lowest BCUT2D eigenvalue weighted by atomic mass is 10.0. The molecule has 3 rings (SSSR count). The molecule has 0 bridgehead atoms. The molecule has 2 amide bonds. The van der Waals surface area contributed by atoms with Gasteiger partial charge in [-0.2, -0.15) is 0 Å². The summed E-state index contributed by atoms with van der Waals surface area (Å²) in [7, 11) is 0. The third kappa shape index (κ3) is 6.71. The van der Waals surface area contributed by atoms with Gasteiger partial charge in [-0.05, 0) is 52.2 Å². The van der Waals surface area contributed by atoms with E-state index >= 15 is 0 Å². The molecule has 0 saturated carbocycles. The van der Waals surface area contributed by atoms with Crippen molar-refractivity contribution in [1.82, 2.24) is 20.1 Å². The maximum atomic E-state index is 12.8. The van der Waals surface area contributed by atoms with Gasteiger partial charge in [-0.15, -0.1) is 16.8 Å². The average Bonchev–Trinajstić information content (AvgIpc) is 3.21. The summed E-state index contributed by atoms with van der Waals surface area (Å²) in [4.78, 5) is 25.3. The second-order valence-electron chi connectivity index (χ2n) is 7.77. The van der Waals surface area contributed by atoms with Crippen LogP contribution in [-0.4, -0.2) is 32.3 Å². The highest BCUT2D eigenvalue weighted by molar-refractivity contribution is 9.10. The Morgan fingerprint density at radius 1 is 1.21 bits per heavy atom. The Morgan fingerprint density at radius 3 is 2.59 bits per heavy atom. The molecule has 0 spiro atoms. The van der Waals surface area contributed by atoms with Gasteiger partial charge in [0.05, 0.1) is 16.8 Å². The van der Waals surface area contributed by atoms with Crippen LogP contribution in [0.15, 0.2) is 70.8 Å². The minimum absolute atomic E-state index is 0.0590. The van der Waals surface area contributed by atoms with Gasteiger partial charge in [0.15, 0.2) is 11.0 Å². The van der Waals surface area contributed by atoms with E-state index in [0.29, 0.717) is 33.8 Å². The molecule has 10 heteroatoms. The van der Waals surface area contributed by atoms with E-state index in [9.17, 15) is 9.59 Å². The fourth-order valence-electron chi connectivity index (χ4n) is 3.18. The number of carbonyl (C=O) groups excluding carboxylic acids is 2. The van der Waals surface area contributed by atoms with Crippen LogP contribution in [0.2, 0.25) is 5.02 Å². The molecule has 0 saturated heterocycles. The molecule has 0 aliphatic carbocycles. The van der Waals surface area contributed by atoms with Crippen molar-refractivity contribution < 1.29 is 9.59 Å². The molecule has 0 radical (unpaired) electrons. The fraction of sp³-hybridized carbons (Fsp3) is 0.250. The molecule has 34 heavy (non-hydrogen) atoms. The molecule has 178 valence electrons. The average molecular weight is 563 g/mol. The van der Waals surface area contributed by atoms with E-state index in [4.69, 9.17) is 11.6 Å². The zero-order chi connectivity index (χ0) is 24.7. The van der Waals surface area contributed by atoms with Crippen LogP contribution in [-0.2, 0) is 11.3 Å². The second-order valence-corrected chi connectivity index (χ2v) is 9.97. The molecule has 1 heterocycles. The number of hydrogen-bond donors (Lipinski definition) is 2. The van der Waals surface area contributed by atoms with Crippen LogP contribution in [0, 0.1) is 5.92 Å². The van der Waals surface area contributed by atoms with Crippen molar-refractivity contribution in [1.29, 1.82) is 0 Å². The minimum atomic E-state index is -0.367. The van der Waals surface area contributed by atoms with Gasteiger partial charge in [-0.3, -0.25) is 9.59 Å². The summed E-state index contributed by atoms with van der Waals surface area (Å²) in [6.45, 7) is 8.28. The van der Waals surface area contributed by atoms with Crippen LogP contribution in [0.3, 0.4) is 0 Å². The van der Waals surface area contributed by atoms with E-state index in [-0.39, 0.29) is 29.5 Å².